The number of hydrogen-bond donors (Lipinski definition) is 2. The van der Waals surface area contributed by atoms with Gasteiger partial charge in [0.2, 0.25) is 0 Å². The Labute approximate surface area is 149 Å². The van der Waals surface area contributed by atoms with Crippen LogP contribution in [0, 0.1) is 6.07 Å². The molecular weight excluding hydrogens is 470 g/mol. The molecule has 1 radical (unpaired) electrons. The predicted molar refractivity (Wildman–Crippen MR) is 84.2 cm³/mol. The van der Waals surface area contributed by atoms with Gasteiger partial charge in [-0.1, -0.05) is 12.1 Å². The van der Waals surface area contributed by atoms with Crippen molar-refractivity contribution in [2.75, 3.05) is 0 Å². The summed E-state index contributed by atoms with van der Waals surface area (Å²) < 4.78 is 0. The van der Waals surface area contributed by atoms with Gasteiger partial charge < -0.3 is 15.2 Å². The number of hydrogen-bond acceptors (Lipinski definition) is 4. The molecule has 23 heavy (non-hydrogen) atoms. The van der Waals surface area contributed by atoms with Gasteiger partial charge in [-0.15, -0.1) is 35.9 Å². The third-order valence-electron chi connectivity index (χ3n) is 3.05. The molecule has 4 nitrogen and oxygen atoms in total. The molecule has 2 N–H and O–H groups in total. The van der Waals surface area contributed by atoms with Crippen LogP contribution in [-0.4, -0.2) is 27.1 Å². The van der Waals surface area contributed by atoms with E-state index in [0.29, 0.717) is 6.42 Å². The third-order valence-corrected chi connectivity index (χ3v) is 3.05. The minimum absolute atomic E-state index is 0. The molecule has 1 unspecified atom stereocenters. The monoisotopic (exact) mass is 489 g/mol. The molecule has 123 valence electrons. The van der Waals surface area contributed by atoms with E-state index in [1.54, 1.807) is 0 Å². The molecule has 5 heteroatoms. The zero-order valence-electron chi connectivity index (χ0n) is 12.7. The van der Waals surface area contributed by atoms with Crippen LogP contribution in [0.4, 0.5) is 0 Å². The molecule has 0 amide bonds. The number of ketones is 1. The van der Waals surface area contributed by atoms with Crippen LogP contribution in [-0.2, 0) is 31.3 Å². The zero-order chi connectivity index (χ0) is 15.9. The van der Waals surface area contributed by atoms with Gasteiger partial charge in [0.1, 0.15) is 0 Å². The van der Waals surface area contributed by atoms with Crippen LogP contribution in [0.15, 0.2) is 54.3 Å². The summed E-state index contributed by atoms with van der Waals surface area (Å²) in [5.41, 5.74) is 2.39. The largest absolute Gasteiger partial charge is 0.512 e. The molecule has 0 spiro atoms. The average Bonchev–Trinajstić information content (AvgIpc) is 2.47. The van der Waals surface area contributed by atoms with E-state index >= 15 is 0 Å². The molecule has 1 atom stereocenters. The van der Waals surface area contributed by atoms with Crippen molar-refractivity contribution >= 4 is 5.78 Å². The Morgan fingerprint density at radius 2 is 2.09 bits per heavy atom. The van der Waals surface area contributed by atoms with Gasteiger partial charge in [-0.05, 0) is 18.7 Å². The molecule has 0 aliphatic rings. The number of aromatic nitrogens is 1. The number of allylic oxidation sites excluding steroid dienone is 1. The normalized spacial score (nSPS) is 12.3. The first-order chi connectivity index (χ1) is 10.5. The van der Waals surface area contributed by atoms with Gasteiger partial charge in [0, 0.05) is 44.7 Å². The summed E-state index contributed by atoms with van der Waals surface area (Å²) in [6, 6.07) is 16.2. The molecule has 0 aliphatic carbocycles. The van der Waals surface area contributed by atoms with Gasteiger partial charge in [-0.25, -0.2) is 0 Å². The standard InChI is InChI=1S/C18H18NO3.Ir/c1-13(20)10-16(21)12-17(22)11-15-8-5-9-18(19-15)14-6-3-2-4-7-14;/h2-6,8-10,17,21-22H,11-12H2,1H3;/q-1;. The number of pyridine rings is 1. The maximum atomic E-state index is 10.9. The molecule has 0 saturated carbocycles. The van der Waals surface area contributed by atoms with Crippen LogP contribution in [0.1, 0.15) is 19.0 Å². The van der Waals surface area contributed by atoms with Gasteiger partial charge in [-0.3, -0.25) is 4.79 Å². The van der Waals surface area contributed by atoms with Crippen LogP contribution < -0.4 is 0 Å². The van der Waals surface area contributed by atoms with E-state index in [9.17, 15) is 15.0 Å². The second-order valence-electron chi connectivity index (χ2n) is 5.10. The molecule has 0 saturated heterocycles. The Morgan fingerprint density at radius 3 is 2.74 bits per heavy atom. The van der Waals surface area contributed by atoms with Crippen molar-refractivity contribution in [3.05, 3.63) is 66.1 Å². The third kappa shape index (κ3) is 6.45. The molecular formula is C18H18IrNO3-. The topological polar surface area (TPSA) is 70.4 Å². The van der Waals surface area contributed by atoms with Crippen molar-refractivity contribution in [1.82, 2.24) is 4.98 Å². The second kappa shape index (κ2) is 9.36. The first kappa shape index (κ1) is 19.2. The van der Waals surface area contributed by atoms with Crippen LogP contribution in [0.25, 0.3) is 11.3 Å². The summed E-state index contributed by atoms with van der Waals surface area (Å²) in [5, 5.41) is 19.5. The second-order valence-corrected chi connectivity index (χ2v) is 5.10. The Bertz CT molecular complexity index is 671. The van der Waals surface area contributed by atoms with Crippen molar-refractivity contribution in [2.24, 2.45) is 0 Å². The van der Waals surface area contributed by atoms with E-state index in [4.69, 9.17) is 0 Å². The average molecular weight is 489 g/mol. The minimum atomic E-state index is -0.793. The zero-order valence-corrected chi connectivity index (χ0v) is 15.1. The fourth-order valence-corrected chi connectivity index (χ4v) is 2.14. The summed E-state index contributed by atoms with van der Waals surface area (Å²) in [6.45, 7) is 1.35. The predicted octanol–water partition coefficient (Wildman–Crippen LogP) is 2.87. The number of aliphatic hydroxyl groups excluding tert-OH is 2. The van der Waals surface area contributed by atoms with Crippen molar-refractivity contribution in [2.45, 2.75) is 25.9 Å². The van der Waals surface area contributed by atoms with Crippen LogP contribution in [0.3, 0.4) is 0 Å². The minimum Gasteiger partial charge on any atom is -0.512 e. The smallest absolute Gasteiger partial charge is 0.155 e. The van der Waals surface area contributed by atoms with E-state index in [1.165, 1.54) is 6.92 Å². The maximum Gasteiger partial charge on any atom is 0.155 e. The number of carbonyl (C=O) groups excluding carboxylic acids is 1. The SMILES string of the molecule is CC(=O)C=C(O)CC(O)Cc1cccc(-c2[c-]cccc2)n1.[Ir]. The molecule has 1 heterocycles. The summed E-state index contributed by atoms with van der Waals surface area (Å²) in [6.07, 6.45) is 0.656. The van der Waals surface area contributed by atoms with E-state index in [1.807, 2.05) is 42.5 Å². The van der Waals surface area contributed by atoms with Crippen LogP contribution in [0.2, 0.25) is 0 Å². The van der Waals surface area contributed by atoms with E-state index in [2.05, 4.69) is 11.1 Å². The van der Waals surface area contributed by atoms with Gasteiger partial charge in [0.25, 0.3) is 0 Å². The van der Waals surface area contributed by atoms with Gasteiger partial charge in [0.05, 0.1) is 11.9 Å². The molecule has 0 bridgehead atoms. The first-order valence-electron chi connectivity index (χ1n) is 7.06. The molecule has 0 aliphatic heterocycles. The van der Waals surface area contributed by atoms with Crippen molar-refractivity contribution < 1.29 is 35.1 Å². The quantitative estimate of drug-likeness (QED) is 0.373. The number of carbonyl (C=O) groups is 1. The fraction of sp³-hybridized carbons (Fsp3) is 0.222. The van der Waals surface area contributed by atoms with Gasteiger partial charge in [-0.2, -0.15) is 0 Å². The number of nitrogens with zero attached hydrogens (tertiary/aromatic N) is 1. The van der Waals surface area contributed by atoms with Crippen molar-refractivity contribution in [3.63, 3.8) is 0 Å². The van der Waals surface area contributed by atoms with Crippen LogP contribution in [0.5, 0.6) is 0 Å². The Hall–Kier alpha value is -1.81. The fourth-order valence-electron chi connectivity index (χ4n) is 2.14. The summed E-state index contributed by atoms with van der Waals surface area (Å²) in [7, 11) is 0. The van der Waals surface area contributed by atoms with E-state index in [-0.39, 0.29) is 38.1 Å². The van der Waals surface area contributed by atoms with Crippen LogP contribution >= 0.6 is 0 Å². The first-order valence-corrected chi connectivity index (χ1v) is 7.06. The number of aliphatic hydroxyl groups is 2. The molecule has 0 fully saturated rings. The van der Waals surface area contributed by atoms with E-state index < -0.39 is 6.10 Å². The maximum absolute atomic E-state index is 10.9. The Kier molecular flexibility index (Phi) is 7.82. The van der Waals surface area contributed by atoms with Gasteiger partial charge >= 0.3 is 0 Å². The summed E-state index contributed by atoms with van der Waals surface area (Å²) in [4.78, 5) is 15.4. The molecule has 1 aromatic heterocycles. The van der Waals surface area contributed by atoms with E-state index in [0.717, 1.165) is 23.0 Å². The molecule has 2 aromatic rings. The number of benzene rings is 1. The molecule has 2 rings (SSSR count). The van der Waals surface area contributed by atoms with Crippen molar-refractivity contribution in [3.8, 4) is 11.3 Å². The number of rotatable bonds is 6. The Morgan fingerprint density at radius 1 is 1.30 bits per heavy atom. The molecule has 1 aromatic carbocycles. The Balaban J connectivity index is 0.00000264. The summed E-state index contributed by atoms with van der Waals surface area (Å²) >= 11 is 0. The van der Waals surface area contributed by atoms with Crippen molar-refractivity contribution in [1.29, 1.82) is 0 Å². The summed E-state index contributed by atoms with van der Waals surface area (Å²) in [5.74, 6) is -0.364. The van der Waals surface area contributed by atoms with Gasteiger partial charge in [0.15, 0.2) is 5.78 Å².